The molecular weight excluding hydrogens is 506 g/mol. The van der Waals surface area contributed by atoms with E-state index in [-0.39, 0.29) is 0 Å². The van der Waals surface area contributed by atoms with Crippen LogP contribution >= 0.6 is 11.3 Å². The van der Waals surface area contributed by atoms with Gasteiger partial charge in [-0.3, -0.25) is 0 Å². The van der Waals surface area contributed by atoms with Crippen LogP contribution in [0.2, 0.25) is 0 Å². The van der Waals surface area contributed by atoms with Crippen LogP contribution in [0.5, 0.6) is 0 Å². The summed E-state index contributed by atoms with van der Waals surface area (Å²) < 4.78 is 8.81. The van der Waals surface area contributed by atoms with Gasteiger partial charge >= 0.3 is 0 Å². The van der Waals surface area contributed by atoms with E-state index in [2.05, 4.69) is 91.0 Å². The molecule has 8 rings (SSSR count). The van der Waals surface area contributed by atoms with Crippen molar-refractivity contribution in [3.05, 3.63) is 133 Å². The third kappa shape index (κ3) is 3.55. The smallest absolute Gasteiger partial charge is 0.136 e. The number of hydrogen-bond acceptors (Lipinski definition) is 3. The van der Waals surface area contributed by atoms with E-state index in [1.54, 1.807) is 0 Å². The summed E-state index contributed by atoms with van der Waals surface area (Å²) in [5.74, 6) is 0. The van der Waals surface area contributed by atoms with Crippen molar-refractivity contribution >= 4 is 53.4 Å². The molecule has 0 radical (unpaired) electrons. The molecule has 3 heteroatoms. The van der Waals surface area contributed by atoms with Crippen molar-refractivity contribution in [2.75, 3.05) is 0 Å². The lowest BCUT2D eigenvalue weighted by atomic mass is 9.90. The van der Waals surface area contributed by atoms with Gasteiger partial charge in [0.2, 0.25) is 0 Å². The van der Waals surface area contributed by atoms with Crippen molar-refractivity contribution in [3.63, 3.8) is 0 Å². The fraction of sp³-hybridized carbons (Fsp3) is 0. The van der Waals surface area contributed by atoms with Crippen LogP contribution in [0.1, 0.15) is 5.56 Å². The van der Waals surface area contributed by atoms with Gasteiger partial charge in [0, 0.05) is 30.9 Å². The number of benzene rings is 6. The van der Waals surface area contributed by atoms with Gasteiger partial charge < -0.3 is 4.42 Å². The molecule has 0 atom stereocenters. The van der Waals surface area contributed by atoms with E-state index >= 15 is 0 Å². The maximum absolute atomic E-state index is 9.36. The van der Waals surface area contributed by atoms with Gasteiger partial charge in [0.15, 0.2) is 0 Å². The van der Waals surface area contributed by atoms with Crippen molar-refractivity contribution in [1.82, 2.24) is 0 Å². The Kier molecular flexibility index (Phi) is 5.10. The van der Waals surface area contributed by atoms with Crippen LogP contribution in [0.4, 0.5) is 0 Å². The zero-order valence-corrected chi connectivity index (χ0v) is 22.2. The molecule has 186 valence electrons. The maximum atomic E-state index is 9.36. The Balaban J connectivity index is 1.44. The van der Waals surface area contributed by atoms with E-state index in [0.29, 0.717) is 5.56 Å². The first kappa shape index (κ1) is 22.8. The average molecular weight is 528 g/mol. The lowest BCUT2D eigenvalue weighted by molar-refractivity contribution is 0.669. The third-order valence-corrected chi connectivity index (χ3v) is 8.84. The average Bonchev–Trinajstić information content (AvgIpc) is 3.59. The van der Waals surface area contributed by atoms with Gasteiger partial charge in [-0.05, 0) is 88.0 Å². The molecule has 0 bridgehead atoms. The Morgan fingerprint density at radius 1 is 0.500 bits per heavy atom. The van der Waals surface area contributed by atoms with Crippen LogP contribution in [0, 0.1) is 11.3 Å². The summed E-state index contributed by atoms with van der Waals surface area (Å²) in [7, 11) is 0. The Bertz CT molecular complexity index is 2150. The van der Waals surface area contributed by atoms with Gasteiger partial charge in [-0.25, -0.2) is 0 Å². The first-order valence-corrected chi connectivity index (χ1v) is 14.1. The van der Waals surface area contributed by atoms with Crippen molar-refractivity contribution in [3.8, 4) is 39.4 Å². The second kappa shape index (κ2) is 8.95. The fourth-order valence-electron chi connectivity index (χ4n) is 5.87. The van der Waals surface area contributed by atoms with Crippen LogP contribution in [0.15, 0.2) is 132 Å². The molecule has 0 saturated heterocycles. The zero-order chi connectivity index (χ0) is 26.6. The fourth-order valence-corrected chi connectivity index (χ4v) is 7.01. The summed E-state index contributed by atoms with van der Waals surface area (Å²) in [5, 5.41) is 14.2. The van der Waals surface area contributed by atoms with Crippen LogP contribution in [0.25, 0.3) is 75.5 Å². The van der Waals surface area contributed by atoms with Crippen LogP contribution in [0.3, 0.4) is 0 Å². The predicted octanol–water partition coefficient (Wildman–Crippen LogP) is 10.8. The number of fused-ring (bicyclic) bond motifs is 6. The molecule has 40 heavy (non-hydrogen) atoms. The van der Waals surface area contributed by atoms with Crippen molar-refractivity contribution < 1.29 is 4.42 Å². The number of rotatable bonds is 3. The highest BCUT2D eigenvalue weighted by Gasteiger charge is 2.16. The number of hydrogen-bond donors (Lipinski definition) is 0. The highest BCUT2D eigenvalue weighted by molar-refractivity contribution is 7.25. The molecule has 0 saturated carbocycles. The topological polar surface area (TPSA) is 36.9 Å². The molecule has 2 aromatic heterocycles. The van der Waals surface area contributed by atoms with E-state index in [0.717, 1.165) is 49.8 Å². The van der Waals surface area contributed by atoms with Gasteiger partial charge in [0.1, 0.15) is 11.2 Å². The van der Waals surface area contributed by atoms with E-state index in [1.165, 1.54) is 25.7 Å². The number of furan rings is 1. The number of nitriles is 1. The van der Waals surface area contributed by atoms with E-state index in [4.69, 9.17) is 4.42 Å². The van der Waals surface area contributed by atoms with Crippen molar-refractivity contribution in [2.45, 2.75) is 0 Å². The lowest BCUT2D eigenvalue weighted by Gasteiger charge is -2.13. The molecular formula is C37H21NOS. The summed E-state index contributed by atoms with van der Waals surface area (Å²) >= 11 is 1.84. The van der Waals surface area contributed by atoms with E-state index in [9.17, 15) is 5.26 Å². The zero-order valence-electron chi connectivity index (χ0n) is 21.4. The van der Waals surface area contributed by atoms with Crippen molar-refractivity contribution in [2.24, 2.45) is 0 Å². The normalized spacial score (nSPS) is 11.5. The van der Waals surface area contributed by atoms with Gasteiger partial charge in [-0.15, -0.1) is 11.3 Å². The van der Waals surface area contributed by atoms with Crippen LogP contribution in [-0.4, -0.2) is 0 Å². The first-order chi connectivity index (χ1) is 19.8. The number of nitrogens with zero attached hydrogens (tertiary/aromatic N) is 1. The van der Waals surface area contributed by atoms with E-state index < -0.39 is 0 Å². The molecule has 0 unspecified atom stereocenters. The second-order valence-electron chi connectivity index (χ2n) is 10.0. The van der Waals surface area contributed by atoms with Crippen LogP contribution < -0.4 is 0 Å². The number of thiophene rings is 1. The predicted molar refractivity (Wildman–Crippen MR) is 168 cm³/mol. The summed E-state index contributed by atoms with van der Waals surface area (Å²) in [5.41, 5.74) is 9.27. The highest BCUT2D eigenvalue weighted by Crippen LogP contribution is 2.43. The minimum Gasteiger partial charge on any atom is -0.456 e. The summed E-state index contributed by atoms with van der Waals surface area (Å²) in [6, 6.07) is 46.7. The highest BCUT2D eigenvalue weighted by atomic mass is 32.1. The summed E-state index contributed by atoms with van der Waals surface area (Å²) in [6.45, 7) is 0. The molecule has 6 aromatic carbocycles. The van der Waals surface area contributed by atoms with Crippen molar-refractivity contribution in [1.29, 1.82) is 5.26 Å². The quantitative estimate of drug-likeness (QED) is 0.229. The molecule has 2 nitrogen and oxygen atoms in total. The number of para-hydroxylation sites is 1. The maximum Gasteiger partial charge on any atom is 0.136 e. The summed E-state index contributed by atoms with van der Waals surface area (Å²) in [4.78, 5) is 0. The Morgan fingerprint density at radius 2 is 1.12 bits per heavy atom. The lowest BCUT2D eigenvalue weighted by Crippen LogP contribution is -1.88. The van der Waals surface area contributed by atoms with Crippen LogP contribution in [-0.2, 0) is 0 Å². The van der Waals surface area contributed by atoms with Gasteiger partial charge in [0.25, 0.3) is 0 Å². The molecule has 0 aliphatic rings. The molecule has 2 heterocycles. The Morgan fingerprint density at radius 3 is 1.93 bits per heavy atom. The largest absolute Gasteiger partial charge is 0.456 e. The third-order valence-electron chi connectivity index (χ3n) is 7.71. The van der Waals surface area contributed by atoms with Gasteiger partial charge in [-0.1, -0.05) is 72.8 Å². The van der Waals surface area contributed by atoms with Gasteiger partial charge in [0.05, 0.1) is 11.6 Å². The van der Waals surface area contributed by atoms with E-state index in [1.807, 2.05) is 53.8 Å². The molecule has 0 spiro atoms. The molecule has 0 aliphatic heterocycles. The first-order valence-electron chi connectivity index (χ1n) is 13.2. The monoisotopic (exact) mass is 527 g/mol. The molecule has 0 aliphatic carbocycles. The Hall–Kier alpha value is -5.17. The second-order valence-corrected chi connectivity index (χ2v) is 11.1. The molecule has 8 aromatic rings. The standard InChI is InChI=1S/C37H21NOS/c38-22-23-15-17-24(18-16-23)25-19-26(28-9-5-12-33-36(28)30-7-1-3-11-32(30)39-33)21-27(20-25)29-10-6-14-35-37(29)31-8-2-4-13-34(31)40-35/h1-21H. The minimum atomic E-state index is 0.657. The SMILES string of the molecule is N#Cc1ccc(-c2cc(-c3cccc4oc5ccccc5c34)cc(-c3cccc4sc5ccccc5c34)c2)cc1. The molecule has 0 fully saturated rings. The van der Waals surface area contributed by atoms with Gasteiger partial charge in [-0.2, -0.15) is 5.26 Å². The summed E-state index contributed by atoms with van der Waals surface area (Å²) in [6.07, 6.45) is 0. The molecule has 0 amide bonds. The Labute approximate surface area is 235 Å². The minimum absolute atomic E-state index is 0.657. The molecule has 0 N–H and O–H groups in total.